The highest BCUT2D eigenvalue weighted by Gasteiger charge is 2.30. The summed E-state index contributed by atoms with van der Waals surface area (Å²) in [5.74, 6) is 0.346. The summed E-state index contributed by atoms with van der Waals surface area (Å²) in [6, 6.07) is 9.70. The van der Waals surface area contributed by atoms with Crippen LogP contribution in [0.15, 0.2) is 42.7 Å². The molecule has 0 bridgehead atoms. The molecule has 2 N–H and O–H groups in total. The lowest BCUT2D eigenvalue weighted by atomic mass is 9.78. The first kappa shape index (κ1) is 28.4. The molecule has 2 rings (SSSR count). The van der Waals surface area contributed by atoms with Gasteiger partial charge in [0.2, 0.25) is 7.37 Å². The third-order valence-electron chi connectivity index (χ3n) is 5.27. The molecule has 6 heteroatoms. The van der Waals surface area contributed by atoms with Crippen LogP contribution < -0.4 is 5.32 Å². The number of hydrogen-bond acceptors (Lipinski definition) is 5. The summed E-state index contributed by atoms with van der Waals surface area (Å²) in [5, 5.41) is 14.2. The van der Waals surface area contributed by atoms with Gasteiger partial charge in [0, 0.05) is 24.7 Å². The largest absolute Gasteiger partial charge is 0.507 e. The smallest absolute Gasteiger partial charge is 0.204 e. The van der Waals surface area contributed by atoms with E-state index in [0.29, 0.717) is 24.6 Å². The van der Waals surface area contributed by atoms with E-state index in [0.717, 1.165) is 16.7 Å². The second-order valence-electron chi connectivity index (χ2n) is 9.98. The Labute approximate surface area is 195 Å². The van der Waals surface area contributed by atoms with Gasteiger partial charge >= 0.3 is 0 Å². The van der Waals surface area contributed by atoms with E-state index in [2.05, 4.69) is 51.8 Å². The molecule has 0 saturated heterocycles. The Morgan fingerprint density at radius 3 is 1.69 bits per heavy atom. The summed E-state index contributed by atoms with van der Waals surface area (Å²) in [4.78, 5) is 3.78. The topological polar surface area (TPSA) is 71.5 Å². The van der Waals surface area contributed by atoms with Crippen LogP contribution in [0, 0.1) is 0 Å². The van der Waals surface area contributed by atoms with E-state index >= 15 is 0 Å². The number of phenols is 1. The van der Waals surface area contributed by atoms with Gasteiger partial charge in [0.25, 0.3) is 0 Å². The van der Waals surface area contributed by atoms with Crippen LogP contribution in [0.1, 0.15) is 85.2 Å². The van der Waals surface area contributed by atoms with Crippen molar-refractivity contribution in [1.82, 2.24) is 10.3 Å². The van der Waals surface area contributed by atoms with Gasteiger partial charge in [0.05, 0.1) is 0 Å². The van der Waals surface area contributed by atoms with Crippen LogP contribution in [-0.4, -0.2) is 29.0 Å². The molecule has 1 atom stereocenters. The molecule has 0 spiro atoms. The van der Waals surface area contributed by atoms with Crippen molar-refractivity contribution >= 4 is 7.37 Å². The molecule has 32 heavy (non-hydrogen) atoms. The monoisotopic (exact) mass is 462 g/mol. The predicted octanol–water partition coefficient (Wildman–Crippen LogP) is 7.01. The van der Waals surface area contributed by atoms with Crippen molar-refractivity contribution in [3.8, 4) is 5.75 Å². The van der Waals surface area contributed by atoms with E-state index in [9.17, 15) is 9.67 Å². The molecule has 0 saturated carbocycles. The van der Waals surface area contributed by atoms with Crippen molar-refractivity contribution in [3.63, 3.8) is 0 Å². The molecule has 0 aliphatic carbocycles. The van der Waals surface area contributed by atoms with Gasteiger partial charge in [0.15, 0.2) is 0 Å². The molecular weight excluding hydrogens is 419 g/mol. The fourth-order valence-electron chi connectivity index (χ4n) is 3.23. The van der Waals surface area contributed by atoms with Crippen molar-refractivity contribution in [3.05, 3.63) is 59.4 Å². The molecule has 1 aromatic heterocycles. The van der Waals surface area contributed by atoms with Crippen LogP contribution in [0.3, 0.4) is 0 Å². The number of pyridine rings is 1. The lowest BCUT2D eigenvalue weighted by Gasteiger charge is -2.31. The quantitative estimate of drug-likeness (QED) is 0.342. The van der Waals surface area contributed by atoms with E-state index in [1.807, 2.05) is 51.1 Å². The van der Waals surface area contributed by atoms with Crippen molar-refractivity contribution < 1.29 is 14.2 Å². The molecule has 2 aromatic rings. The first-order valence-electron chi connectivity index (χ1n) is 11.5. The summed E-state index contributed by atoms with van der Waals surface area (Å²) < 4.78 is 19.0. The normalized spacial score (nSPS) is 13.3. The molecule has 0 radical (unpaired) electrons. The molecule has 0 aliphatic heterocycles. The van der Waals surface area contributed by atoms with Gasteiger partial charge < -0.3 is 9.63 Å². The molecule has 0 amide bonds. The van der Waals surface area contributed by atoms with Crippen molar-refractivity contribution in [2.24, 2.45) is 0 Å². The zero-order chi connectivity index (χ0) is 24.6. The highest BCUT2D eigenvalue weighted by molar-refractivity contribution is 7.58. The fraction of sp³-hybridized carbons (Fsp3) is 0.577. The Morgan fingerprint density at radius 2 is 1.41 bits per heavy atom. The van der Waals surface area contributed by atoms with Gasteiger partial charge in [-0.3, -0.25) is 14.9 Å². The zero-order valence-corrected chi connectivity index (χ0v) is 22.3. The zero-order valence-electron chi connectivity index (χ0n) is 21.4. The Morgan fingerprint density at radius 1 is 0.938 bits per heavy atom. The maximum absolute atomic E-state index is 12.9. The Kier molecular flexibility index (Phi) is 10.6. The lowest BCUT2D eigenvalue weighted by Crippen LogP contribution is -2.25. The van der Waals surface area contributed by atoms with Crippen LogP contribution >= 0.6 is 7.37 Å². The minimum atomic E-state index is -2.68. The summed E-state index contributed by atoms with van der Waals surface area (Å²) in [7, 11) is -2.68. The number of aromatic nitrogens is 1. The predicted molar refractivity (Wildman–Crippen MR) is 136 cm³/mol. The maximum atomic E-state index is 12.9. The SMILES string of the molecule is CCNC(OP(=O)(CC)CC)c1cc(C(C)(C)C)c(O)c(C(C)(C)C)c1.c1ccncc1. The van der Waals surface area contributed by atoms with Gasteiger partial charge in [-0.1, -0.05) is 68.4 Å². The van der Waals surface area contributed by atoms with Gasteiger partial charge in [-0.25, -0.2) is 0 Å². The van der Waals surface area contributed by atoms with Crippen molar-refractivity contribution in [2.75, 3.05) is 18.9 Å². The fourth-order valence-corrected chi connectivity index (χ4v) is 4.56. The number of nitrogens with one attached hydrogen (secondary N) is 1. The molecule has 1 unspecified atom stereocenters. The highest BCUT2D eigenvalue weighted by Crippen LogP contribution is 2.50. The molecule has 1 aromatic carbocycles. The summed E-state index contributed by atoms with van der Waals surface area (Å²) >= 11 is 0. The molecule has 0 aliphatic rings. The first-order chi connectivity index (χ1) is 14.8. The Balaban J connectivity index is 0.000000730. The number of aromatic hydroxyl groups is 1. The minimum absolute atomic E-state index is 0.212. The van der Waals surface area contributed by atoms with E-state index < -0.39 is 13.6 Å². The first-order valence-corrected chi connectivity index (χ1v) is 13.5. The molecule has 1 heterocycles. The number of phenolic OH excluding ortho intramolecular Hbond substituents is 1. The Hall–Kier alpha value is -1.68. The van der Waals surface area contributed by atoms with E-state index in [1.165, 1.54) is 0 Å². The lowest BCUT2D eigenvalue weighted by molar-refractivity contribution is 0.172. The summed E-state index contributed by atoms with van der Waals surface area (Å²) in [6.45, 7) is 19.1. The van der Waals surface area contributed by atoms with E-state index in [4.69, 9.17) is 4.52 Å². The summed E-state index contributed by atoms with van der Waals surface area (Å²) in [5.41, 5.74) is 2.26. The van der Waals surface area contributed by atoms with Gasteiger partial charge in [-0.15, -0.1) is 0 Å². The number of nitrogens with zero attached hydrogens (tertiary/aromatic N) is 1. The van der Waals surface area contributed by atoms with Crippen LogP contribution in [0.4, 0.5) is 0 Å². The number of hydrogen-bond donors (Lipinski definition) is 2. The van der Waals surface area contributed by atoms with Crippen LogP contribution in [-0.2, 0) is 19.9 Å². The summed E-state index contributed by atoms with van der Waals surface area (Å²) in [6.07, 6.45) is 4.08. The third-order valence-corrected chi connectivity index (χ3v) is 7.79. The second-order valence-corrected chi connectivity index (χ2v) is 13.1. The molecule has 0 fully saturated rings. The number of benzene rings is 1. The molecule has 180 valence electrons. The van der Waals surface area contributed by atoms with Crippen LogP contribution in [0.25, 0.3) is 0 Å². The van der Waals surface area contributed by atoms with Gasteiger partial charge in [0.1, 0.15) is 12.0 Å². The Bertz CT molecular complexity index is 801. The van der Waals surface area contributed by atoms with E-state index in [1.54, 1.807) is 12.4 Å². The number of rotatable bonds is 7. The average Bonchev–Trinajstić information content (AvgIpc) is 2.73. The highest BCUT2D eigenvalue weighted by atomic mass is 31.2. The second kappa shape index (κ2) is 12.0. The minimum Gasteiger partial charge on any atom is -0.507 e. The van der Waals surface area contributed by atoms with Gasteiger partial charge in [-0.2, -0.15) is 0 Å². The van der Waals surface area contributed by atoms with Crippen LogP contribution in [0.2, 0.25) is 0 Å². The molecular formula is C26H43N2O3P. The van der Waals surface area contributed by atoms with Crippen molar-refractivity contribution in [2.45, 2.75) is 79.4 Å². The third kappa shape index (κ3) is 8.35. The maximum Gasteiger partial charge on any atom is 0.204 e. The standard InChI is InChI=1S/C21H38NO3P.C5H5N/c1-10-22-19(25-26(24,11-2)12-3)15-13-16(20(4,5)6)18(23)17(14-15)21(7,8)9;1-2-4-6-5-3-1/h13-14,19,22-23H,10-12H2,1-9H3;1-5H. The van der Waals surface area contributed by atoms with Crippen LogP contribution in [0.5, 0.6) is 5.75 Å². The molecule has 5 nitrogen and oxygen atoms in total. The van der Waals surface area contributed by atoms with E-state index in [-0.39, 0.29) is 10.8 Å². The average molecular weight is 463 g/mol. The van der Waals surface area contributed by atoms with Gasteiger partial charge in [-0.05, 0) is 58.3 Å². The van der Waals surface area contributed by atoms with Crippen molar-refractivity contribution in [1.29, 1.82) is 0 Å².